The van der Waals surface area contributed by atoms with E-state index in [1.165, 1.54) is 4.88 Å². The summed E-state index contributed by atoms with van der Waals surface area (Å²) >= 11 is 1.71. The third-order valence-corrected chi connectivity index (χ3v) is 5.71. The highest BCUT2D eigenvalue weighted by atomic mass is 32.2. The number of hydrogen-bond donors (Lipinski definition) is 1. The predicted molar refractivity (Wildman–Crippen MR) is 85.8 cm³/mol. The molecule has 0 saturated heterocycles. The van der Waals surface area contributed by atoms with Gasteiger partial charge in [-0.25, -0.2) is 0 Å². The summed E-state index contributed by atoms with van der Waals surface area (Å²) in [4.78, 5) is 3.09. The van der Waals surface area contributed by atoms with E-state index in [0.717, 1.165) is 11.3 Å². The fraction of sp³-hybridized carbons (Fsp3) is 0.333. The van der Waals surface area contributed by atoms with Crippen molar-refractivity contribution in [3.63, 3.8) is 0 Å². The van der Waals surface area contributed by atoms with E-state index in [1.807, 2.05) is 13.0 Å². The molecular weight excluding hydrogens is 290 g/mol. The molecule has 5 heteroatoms. The summed E-state index contributed by atoms with van der Waals surface area (Å²) in [6.07, 6.45) is 1.01. The number of nitrogen functional groups attached to an aromatic ring is 1. The summed E-state index contributed by atoms with van der Waals surface area (Å²) in [6.45, 7) is 4.63. The molecule has 0 aliphatic rings. The second-order valence-corrected chi connectivity index (χ2v) is 7.02. The van der Waals surface area contributed by atoms with E-state index in [0.29, 0.717) is 28.7 Å². The standard InChI is InChI=1S/C15H19NO2S2/c1-3-12-6-7-13(19-12)10-20(17)15-9-11(18-4-2)5-8-14(15)16/h5-9H,3-4,10,16H2,1-2H3. The topological polar surface area (TPSA) is 52.3 Å². The highest BCUT2D eigenvalue weighted by Crippen LogP contribution is 2.26. The molecule has 0 spiro atoms. The number of aryl methyl sites for hydroxylation is 1. The Morgan fingerprint density at radius 2 is 1.95 bits per heavy atom. The number of benzene rings is 1. The predicted octanol–water partition coefficient (Wildman–Crippen LogP) is 3.60. The summed E-state index contributed by atoms with van der Waals surface area (Å²) < 4.78 is 17.9. The minimum absolute atomic E-state index is 0.504. The third-order valence-electron chi connectivity index (χ3n) is 2.88. The Morgan fingerprint density at radius 3 is 2.60 bits per heavy atom. The first-order valence-corrected chi connectivity index (χ1v) is 8.75. The molecule has 1 aromatic heterocycles. The van der Waals surface area contributed by atoms with Crippen LogP contribution in [0.2, 0.25) is 0 Å². The van der Waals surface area contributed by atoms with Gasteiger partial charge in [-0.3, -0.25) is 4.21 Å². The molecule has 2 aromatic rings. The lowest BCUT2D eigenvalue weighted by Gasteiger charge is -2.08. The van der Waals surface area contributed by atoms with E-state index in [2.05, 4.69) is 13.0 Å². The SMILES string of the molecule is CCOc1ccc(N)c(S(=O)Cc2ccc(CC)s2)c1. The second-order valence-electron chi connectivity index (χ2n) is 4.34. The Bertz CT molecular complexity index is 608. The molecule has 1 heterocycles. The molecule has 0 saturated carbocycles. The number of hydrogen-bond acceptors (Lipinski definition) is 4. The first-order valence-electron chi connectivity index (χ1n) is 6.62. The molecule has 0 aliphatic carbocycles. The molecule has 20 heavy (non-hydrogen) atoms. The molecule has 0 amide bonds. The van der Waals surface area contributed by atoms with Crippen LogP contribution in [-0.4, -0.2) is 10.8 Å². The lowest BCUT2D eigenvalue weighted by Crippen LogP contribution is -2.01. The van der Waals surface area contributed by atoms with Crippen LogP contribution in [-0.2, 0) is 23.0 Å². The number of thiophene rings is 1. The van der Waals surface area contributed by atoms with Crippen molar-refractivity contribution in [2.24, 2.45) is 0 Å². The molecule has 2 rings (SSSR count). The highest BCUT2D eigenvalue weighted by Gasteiger charge is 2.12. The van der Waals surface area contributed by atoms with Gasteiger partial charge in [0.1, 0.15) is 5.75 Å². The average Bonchev–Trinajstić information content (AvgIpc) is 2.88. The molecule has 1 unspecified atom stereocenters. The molecule has 0 aliphatic heterocycles. The monoisotopic (exact) mass is 309 g/mol. The summed E-state index contributed by atoms with van der Waals surface area (Å²) in [7, 11) is -1.14. The van der Waals surface area contributed by atoms with E-state index >= 15 is 0 Å². The minimum Gasteiger partial charge on any atom is -0.494 e. The van der Waals surface area contributed by atoms with E-state index in [9.17, 15) is 4.21 Å². The molecule has 1 atom stereocenters. The average molecular weight is 309 g/mol. The van der Waals surface area contributed by atoms with E-state index in [1.54, 1.807) is 29.5 Å². The zero-order valence-electron chi connectivity index (χ0n) is 11.7. The second kappa shape index (κ2) is 6.90. The van der Waals surface area contributed by atoms with Gasteiger partial charge in [0, 0.05) is 15.4 Å². The van der Waals surface area contributed by atoms with Crippen molar-refractivity contribution < 1.29 is 8.95 Å². The highest BCUT2D eigenvalue weighted by molar-refractivity contribution is 7.84. The molecule has 108 valence electrons. The van der Waals surface area contributed by atoms with Gasteiger partial charge in [-0.05, 0) is 43.7 Å². The van der Waals surface area contributed by atoms with Gasteiger partial charge in [-0.15, -0.1) is 11.3 Å². The van der Waals surface area contributed by atoms with Crippen LogP contribution in [0.3, 0.4) is 0 Å². The summed E-state index contributed by atoms with van der Waals surface area (Å²) in [6, 6.07) is 9.48. The van der Waals surface area contributed by atoms with Crippen LogP contribution in [0.5, 0.6) is 5.75 Å². The Hall–Kier alpha value is -1.33. The lowest BCUT2D eigenvalue weighted by molar-refractivity contribution is 0.339. The van der Waals surface area contributed by atoms with Crippen LogP contribution in [0, 0.1) is 0 Å². The van der Waals surface area contributed by atoms with Gasteiger partial charge in [0.05, 0.1) is 28.1 Å². The minimum atomic E-state index is -1.14. The molecule has 0 bridgehead atoms. The Morgan fingerprint density at radius 1 is 1.20 bits per heavy atom. The quantitative estimate of drug-likeness (QED) is 0.830. The Kier molecular flexibility index (Phi) is 5.20. The number of anilines is 1. The van der Waals surface area contributed by atoms with Crippen LogP contribution >= 0.6 is 11.3 Å². The van der Waals surface area contributed by atoms with Gasteiger partial charge in [0.15, 0.2) is 0 Å². The van der Waals surface area contributed by atoms with Crippen LogP contribution in [0.25, 0.3) is 0 Å². The zero-order chi connectivity index (χ0) is 14.5. The van der Waals surface area contributed by atoms with Gasteiger partial charge in [-0.1, -0.05) is 6.92 Å². The molecule has 2 N–H and O–H groups in total. The van der Waals surface area contributed by atoms with Crippen LogP contribution < -0.4 is 10.5 Å². The molecule has 3 nitrogen and oxygen atoms in total. The fourth-order valence-corrected chi connectivity index (χ4v) is 4.26. The molecule has 0 radical (unpaired) electrons. The maximum atomic E-state index is 12.5. The van der Waals surface area contributed by atoms with Crippen LogP contribution in [0.4, 0.5) is 5.69 Å². The van der Waals surface area contributed by atoms with E-state index in [4.69, 9.17) is 10.5 Å². The first kappa shape index (κ1) is 15.1. The zero-order valence-corrected chi connectivity index (χ0v) is 13.4. The molecular formula is C15H19NO2S2. The van der Waals surface area contributed by atoms with Gasteiger partial charge in [0.25, 0.3) is 0 Å². The van der Waals surface area contributed by atoms with Crippen molar-refractivity contribution in [1.29, 1.82) is 0 Å². The molecule has 0 fully saturated rings. The summed E-state index contributed by atoms with van der Waals surface area (Å²) in [5.41, 5.74) is 6.48. The fourth-order valence-electron chi connectivity index (χ4n) is 1.87. The van der Waals surface area contributed by atoms with Gasteiger partial charge in [0.2, 0.25) is 0 Å². The number of rotatable bonds is 6. The van der Waals surface area contributed by atoms with Crippen molar-refractivity contribution in [3.05, 3.63) is 40.1 Å². The summed E-state index contributed by atoms with van der Waals surface area (Å²) in [5.74, 6) is 1.22. The van der Waals surface area contributed by atoms with Gasteiger partial charge in [-0.2, -0.15) is 0 Å². The van der Waals surface area contributed by atoms with E-state index < -0.39 is 10.8 Å². The normalized spacial score (nSPS) is 12.3. The Labute approximate surface area is 126 Å². The third kappa shape index (κ3) is 3.61. The maximum absolute atomic E-state index is 12.5. The largest absolute Gasteiger partial charge is 0.494 e. The Balaban J connectivity index is 2.17. The lowest BCUT2D eigenvalue weighted by atomic mass is 10.3. The van der Waals surface area contributed by atoms with Crippen molar-refractivity contribution in [1.82, 2.24) is 0 Å². The first-order chi connectivity index (χ1) is 9.63. The van der Waals surface area contributed by atoms with E-state index in [-0.39, 0.29) is 0 Å². The van der Waals surface area contributed by atoms with Crippen molar-refractivity contribution in [2.75, 3.05) is 12.3 Å². The number of ether oxygens (including phenoxy) is 1. The van der Waals surface area contributed by atoms with Gasteiger partial charge >= 0.3 is 0 Å². The smallest absolute Gasteiger partial charge is 0.120 e. The van der Waals surface area contributed by atoms with Gasteiger partial charge < -0.3 is 10.5 Å². The number of nitrogens with two attached hydrogens (primary N) is 1. The van der Waals surface area contributed by atoms with Crippen molar-refractivity contribution in [3.8, 4) is 5.75 Å². The molecule has 1 aromatic carbocycles. The van der Waals surface area contributed by atoms with Crippen molar-refractivity contribution in [2.45, 2.75) is 30.9 Å². The summed E-state index contributed by atoms with van der Waals surface area (Å²) in [5, 5.41) is 0. The van der Waals surface area contributed by atoms with Crippen molar-refractivity contribution >= 4 is 27.8 Å². The maximum Gasteiger partial charge on any atom is 0.120 e. The van der Waals surface area contributed by atoms with Crippen LogP contribution in [0.15, 0.2) is 35.2 Å². The van der Waals surface area contributed by atoms with Crippen LogP contribution in [0.1, 0.15) is 23.6 Å².